The Bertz CT molecular complexity index is 345. The molecule has 1 rings (SSSR count). The zero-order valence-corrected chi connectivity index (χ0v) is 10.5. The number of aliphatic hydroxyl groups excluding tert-OH is 2. The van der Waals surface area contributed by atoms with Crippen LogP contribution in [0.15, 0.2) is 22.7 Å². The Morgan fingerprint density at radius 2 is 2.00 bits per heavy atom. The average Bonchev–Trinajstić information content (AvgIpc) is 2.25. The Balaban J connectivity index is 2.76. The van der Waals surface area contributed by atoms with Crippen LogP contribution in [0.1, 0.15) is 18.5 Å². The van der Waals surface area contributed by atoms with Crippen LogP contribution in [0.4, 0.5) is 4.39 Å². The minimum Gasteiger partial charge on any atom is -0.395 e. The summed E-state index contributed by atoms with van der Waals surface area (Å²) in [5.41, 5.74) is 0.509. The Hall–Kier alpha value is -0.490. The van der Waals surface area contributed by atoms with E-state index in [0.717, 1.165) is 0 Å². The Morgan fingerprint density at radius 1 is 1.38 bits per heavy atom. The van der Waals surface area contributed by atoms with Crippen LogP contribution in [0, 0.1) is 5.82 Å². The highest BCUT2D eigenvalue weighted by atomic mass is 79.9. The molecular weight excluding hydrogens is 277 g/mol. The summed E-state index contributed by atoms with van der Waals surface area (Å²) < 4.78 is 14.2. The SMILES string of the molecule is CC(NC(CO)CO)c1ccc(Br)cc1F. The molecule has 0 saturated heterocycles. The first-order chi connectivity index (χ1) is 7.58. The molecule has 0 spiro atoms. The van der Waals surface area contributed by atoms with Crippen LogP contribution in [0.2, 0.25) is 0 Å². The topological polar surface area (TPSA) is 52.5 Å². The van der Waals surface area contributed by atoms with Gasteiger partial charge in [-0.05, 0) is 19.1 Å². The summed E-state index contributed by atoms with van der Waals surface area (Å²) in [6.07, 6.45) is 0. The van der Waals surface area contributed by atoms with E-state index in [-0.39, 0.29) is 25.1 Å². The Morgan fingerprint density at radius 3 is 2.50 bits per heavy atom. The van der Waals surface area contributed by atoms with Crippen molar-refractivity contribution in [2.75, 3.05) is 13.2 Å². The summed E-state index contributed by atoms with van der Waals surface area (Å²) in [6, 6.07) is 4.11. The lowest BCUT2D eigenvalue weighted by Crippen LogP contribution is -2.37. The van der Waals surface area contributed by atoms with Crippen LogP contribution in [0.25, 0.3) is 0 Å². The summed E-state index contributed by atoms with van der Waals surface area (Å²) >= 11 is 3.18. The van der Waals surface area contributed by atoms with E-state index in [1.165, 1.54) is 6.07 Å². The predicted molar refractivity (Wildman–Crippen MR) is 63.6 cm³/mol. The maximum absolute atomic E-state index is 13.6. The van der Waals surface area contributed by atoms with Crippen LogP contribution in [-0.4, -0.2) is 29.5 Å². The van der Waals surface area contributed by atoms with E-state index in [9.17, 15) is 4.39 Å². The molecule has 3 nitrogen and oxygen atoms in total. The minimum atomic E-state index is -0.432. The smallest absolute Gasteiger partial charge is 0.129 e. The molecule has 0 heterocycles. The number of benzene rings is 1. The molecule has 3 N–H and O–H groups in total. The van der Waals surface area contributed by atoms with Crippen molar-refractivity contribution in [1.29, 1.82) is 0 Å². The lowest BCUT2D eigenvalue weighted by Gasteiger charge is -2.20. The van der Waals surface area contributed by atoms with E-state index in [1.807, 2.05) is 0 Å². The number of halogens is 2. The van der Waals surface area contributed by atoms with Gasteiger partial charge in [-0.2, -0.15) is 0 Å². The standard InChI is InChI=1S/C11H15BrFNO2/c1-7(14-9(5-15)6-16)10-3-2-8(12)4-11(10)13/h2-4,7,9,14-16H,5-6H2,1H3. The number of aliphatic hydroxyl groups is 2. The van der Waals surface area contributed by atoms with Gasteiger partial charge in [0.2, 0.25) is 0 Å². The molecule has 0 aliphatic heterocycles. The zero-order valence-electron chi connectivity index (χ0n) is 8.95. The molecule has 0 aliphatic rings. The summed E-state index contributed by atoms with van der Waals surface area (Å²) in [7, 11) is 0. The third-order valence-electron chi connectivity index (χ3n) is 2.36. The monoisotopic (exact) mass is 291 g/mol. The van der Waals surface area contributed by atoms with Crippen molar-refractivity contribution in [1.82, 2.24) is 5.32 Å². The zero-order chi connectivity index (χ0) is 12.1. The fraction of sp³-hybridized carbons (Fsp3) is 0.455. The average molecular weight is 292 g/mol. The van der Waals surface area contributed by atoms with Crippen LogP contribution in [0.5, 0.6) is 0 Å². The fourth-order valence-corrected chi connectivity index (χ4v) is 1.79. The van der Waals surface area contributed by atoms with E-state index >= 15 is 0 Å². The molecule has 0 radical (unpaired) electrons. The van der Waals surface area contributed by atoms with Crippen LogP contribution in [0.3, 0.4) is 0 Å². The number of nitrogens with one attached hydrogen (secondary N) is 1. The lowest BCUT2D eigenvalue weighted by molar-refractivity contribution is 0.163. The van der Waals surface area contributed by atoms with Crippen LogP contribution < -0.4 is 5.32 Å². The summed E-state index contributed by atoms with van der Waals surface area (Å²) in [6.45, 7) is 1.42. The van der Waals surface area contributed by atoms with E-state index in [4.69, 9.17) is 10.2 Å². The summed E-state index contributed by atoms with van der Waals surface area (Å²) in [5.74, 6) is -0.316. The van der Waals surface area contributed by atoms with Crippen molar-refractivity contribution in [2.45, 2.75) is 19.0 Å². The normalized spacial score (nSPS) is 13.1. The van der Waals surface area contributed by atoms with Crippen LogP contribution in [-0.2, 0) is 0 Å². The van der Waals surface area contributed by atoms with Crippen molar-refractivity contribution in [3.05, 3.63) is 34.1 Å². The summed E-state index contributed by atoms with van der Waals surface area (Å²) in [4.78, 5) is 0. The lowest BCUT2D eigenvalue weighted by atomic mass is 10.1. The van der Waals surface area contributed by atoms with Crippen molar-refractivity contribution < 1.29 is 14.6 Å². The highest BCUT2D eigenvalue weighted by Gasteiger charge is 2.14. The molecule has 0 bridgehead atoms. The number of hydrogen-bond acceptors (Lipinski definition) is 3. The molecule has 16 heavy (non-hydrogen) atoms. The van der Waals surface area contributed by atoms with Gasteiger partial charge in [-0.25, -0.2) is 4.39 Å². The second-order valence-electron chi connectivity index (χ2n) is 3.62. The quantitative estimate of drug-likeness (QED) is 0.772. The van der Waals surface area contributed by atoms with E-state index in [0.29, 0.717) is 10.0 Å². The first kappa shape index (κ1) is 13.6. The van der Waals surface area contributed by atoms with Crippen molar-refractivity contribution in [3.8, 4) is 0 Å². The molecule has 5 heteroatoms. The number of hydrogen-bond donors (Lipinski definition) is 3. The second kappa shape index (κ2) is 6.30. The van der Waals surface area contributed by atoms with Gasteiger partial charge in [0.1, 0.15) is 5.82 Å². The van der Waals surface area contributed by atoms with E-state index < -0.39 is 6.04 Å². The third kappa shape index (κ3) is 3.52. The molecule has 0 saturated carbocycles. The largest absolute Gasteiger partial charge is 0.395 e. The van der Waals surface area contributed by atoms with Gasteiger partial charge in [-0.3, -0.25) is 0 Å². The molecule has 0 fully saturated rings. The third-order valence-corrected chi connectivity index (χ3v) is 2.85. The highest BCUT2D eigenvalue weighted by Crippen LogP contribution is 2.21. The number of rotatable bonds is 5. The summed E-state index contributed by atoms with van der Waals surface area (Å²) in [5, 5.41) is 20.8. The first-order valence-electron chi connectivity index (χ1n) is 5.01. The first-order valence-corrected chi connectivity index (χ1v) is 5.80. The van der Waals surface area contributed by atoms with E-state index in [2.05, 4.69) is 21.2 Å². The Kier molecular flexibility index (Phi) is 5.34. The van der Waals surface area contributed by atoms with Crippen molar-refractivity contribution in [3.63, 3.8) is 0 Å². The minimum absolute atomic E-state index is 0.182. The maximum Gasteiger partial charge on any atom is 0.129 e. The van der Waals surface area contributed by atoms with Crippen molar-refractivity contribution >= 4 is 15.9 Å². The van der Waals surface area contributed by atoms with Gasteiger partial charge in [0.15, 0.2) is 0 Å². The fourth-order valence-electron chi connectivity index (χ4n) is 1.46. The molecule has 0 aliphatic carbocycles. The van der Waals surface area contributed by atoms with Gasteiger partial charge in [0, 0.05) is 16.1 Å². The molecule has 1 aromatic rings. The molecule has 0 amide bonds. The van der Waals surface area contributed by atoms with Gasteiger partial charge in [-0.15, -0.1) is 0 Å². The molecule has 1 aromatic carbocycles. The molecule has 1 atom stereocenters. The molecule has 1 unspecified atom stereocenters. The van der Waals surface area contributed by atoms with Gasteiger partial charge >= 0.3 is 0 Å². The maximum atomic E-state index is 13.6. The molecule has 0 aromatic heterocycles. The van der Waals surface area contributed by atoms with Gasteiger partial charge < -0.3 is 15.5 Å². The predicted octanol–water partition coefficient (Wildman–Crippen LogP) is 1.59. The Labute approximate surface area is 102 Å². The highest BCUT2D eigenvalue weighted by molar-refractivity contribution is 9.10. The van der Waals surface area contributed by atoms with Crippen molar-refractivity contribution in [2.24, 2.45) is 0 Å². The van der Waals surface area contributed by atoms with Crippen LogP contribution >= 0.6 is 15.9 Å². The van der Waals surface area contributed by atoms with E-state index in [1.54, 1.807) is 19.1 Å². The van der Waals surface area contributed by atoms with Gasteiger partial charge in [0.05, 0.1) is 19.3 Å². The second-order valence-corrected chi connectivity index (χ2v) is 4.53. The molecular formula is C11H15BrFNO2. The van der Waals surface area contributed by atoms with Gasteiger partial charge in [0.25, 0.3) is 0 Å². The van der Waals surface area contributed by atoms with Gasteiger partial charge in [-0.1, -0.05) is 22.0 Å². The molecule has 90 valence electrons.